The van der Waals surface area contributed by atoms with Crippen molar-refractivity contribution in [3.8, 4) is 0 Å². The summed E-state index contributed by atoms with van der Waals surface area (Å²) in [6.07, 6.45) is 1.37. The van der Waals surface area contributed by atoms with Gasteiger partial charge >= 0.3 is 0 Å². The summed E-state index contributed by atoms with van der Waals surface area (Å²) in [5.74, 6) is -1.89. The number of carbonyl (C=O) groups is 2. The van der Waals surface area contributed by atoms with Crippen LogP contribution >= 0.6 is 12.2 Å². The highest BCUT2D eigenvalue weighted by molar-refractivity contribution is 7.80. The minimum atomic E-state index is -1.02. The fourth-order valence-electron chi connectivity index (χ4n) is 2.41. The van der Waals surface area contributed by atoms with E-state index in [4.69, 9.17) is 12.2 Å². The first-order valence-corrected chi connectivity index (χ1v) is 7.82. The van der Waals surface area contributed by atoms with Gasteiger partial charge in [0.15, 0.2) is 11.0 Å². The van der Waals surface area contributed by atoms with Gasteiger partial charge in [-0.15, -0.1) is 0 Å². The summed E-state index contributed by atoms with van der Waals surface area (Å²) in [6, 6.07) is 16.5. The molecule has 0 spiro atoms. The molecule has 0 aliphatic carbocycles. The third-order valence-electron chi connectivity index (χ3n) is 3.59. The fraction of sp³-hybridized carbons (Fsp3) is 0.111. The lowest BCUT2D eigenvalue weighted by molar-refractivity contribution is -0.130. The van der Waals surface area contributed by atoms with E-state index in [1.165, 1.54) is 11.1 Å². The lowest BCUT2D eigenvalue weighted by Crippen LogP contribution is -2.58. The summed E-state index contributed by atoms with van der Waals surface area (Å²) >= 11 is 5.14. The second-order valence-corrected chi connectivity index (χ2v) is 5.79. The minimum absolute atomic E-state index is 0.0800. The van der Waals surface area contributed by atoms with Gasteiger partial charge in [-0.3, -0.25) is 19.5 Å². The first kappa shape index (κ1) is 16.0. The number of para-hydroxylation sites is 1. The Hall–Kier alpha value is -2.86. The van der Waals surface area contributed by atoms with E-state index < -0.39 is 17.7 Å². The average molecular weight is 337 g/mol. The molecule has 0 aromatic heterocycles. The van der Waals surface area contributed by atoms with Gasteiger partial charge in [0.25, 0.3) is 5.91 Å². The second kappa shape index (κ2) is 6.72. The van der Waals surface area contributed by atoms with E-state index in [1.54, 1.807) is 24.3 Å². The highest BCUT2D eigenvalue weighted by atomic mass is 32.1. The van der Waals surface area contributed by atoms with Crippen LogP contribution in [0.15, 0.2) is 59.6 Å². The molecule has 3 rings (SSSR count). The zero-order chi connectivity index (χ0) is 17.1. The molecular formula is C18H15N3O2S. The number of nitrogens with one attached hydrogen (secondary N) is 1. The summed E-state index contributed by atoms with van der Waals surface area (Å²) in [5, 5.41) is 2.64. The first-order valence-electron chi connectivity index (χ1n) is 7.41. The third kappa shape index (κ3) is 3.23. The molecule has 0 saturated carbocycles. The number of thiocarbonyl (C=S) groups is 1. The molecule has 1 fully saturated rings. The van der Waals surface area contributed by atoms with Crippen molar-refractivity contribution in [1.29, 1.82) is 0 Å². The van der Waals surface area contributed by atoms with E-state index >= 15 is 0 Å². The molecule has 1 N–H and O–H groups in total. The SMILES string of the molecule is Cc1cccc(N=C[C@@H]2C(=O)NC(=S)N(c3ccccc3)C2=O)c1. The number of rotatable bonds is 3. The summed E-state index contributed by atoms with van der Waals surface area (Å²) in [6.45, 7) is 1.95. The number of hydrogen-bond donors (Lipinski definition) is 1. The van der Waals surface area contributed by atoms with Gasteiger partial charge in [0.1, 0.15) is 0 Å². The molecule has 2 aromatic carbocycles. The Kier molecular flexibility index (Phi) is 4.48. The van der Waals surface area contributed by atoms with Crippen molar-refractivity contribution in [3.63, 3.8) is 0 Å². The monoisotopic (exact) mass is 337 g/mol. The van der Waals surface area contributed by atoms with E-state index in [0.29, 0.717) is 11.4 Å². The van der Waals surface area contributed by atoms with Gasteiger partial charge in [-0.1, -0.05) is 30.3 Å². The molecule has 1 aliphatic rings. The number of nitrogens with zero attached hydrogens (tertiary/aromatic N) is 2. The molecular weight excluding hydrogens is 322 g/mol. The minimum Gasteiger partial charge on any atom is -0.301 e. The maximum Gasteiger partial charge on any atom is 0.251 e. The van der Waals surface area contributed by atoms with Gasteiger partial charge in [-0.2, -0.15) is 0 Å². The average Bonchev–Trinajstić information content (AvgIpc) is 2.55. The molecule has 2 aromatic rings. The number of amides is 2. The van der Waals surface area contributed by atoms with E-state index in [1.807, 2.05) is 37.3 Å². The van der Waals surface area contributed by atoms with Crippen molar-refractivity contribution in [3.05, 3.63) is 60.2 Å². The Morgan fingerprint density at radius 1 is 1.12 bits per heavy atom. The zero-order valence-corrected chi connectivity index (χ0v) is 13.8. The van der Waals surface area contributed by atoms with Crippen LogP contribution < -0.4 is 10.2 Å². The van der Waals surface area contributed by atoms with Crippen molar-refractivity contribution in [2.75, 3.05) is 4.90 Å². The Labute approximate surface area is 145 Å². The topological polar surface area (TPSA) is 61.8 Å². The molecule has 0 unspecified atom stereocenters. The summed E-state index contributed by atoms with van der Waals surface area (Å²) < 4.78 is 0. The molecule has 2 amide bonds. The van der Waals surface area contributed by atoms with E-state index in [-0.39, 0.29) is 5.11 Å². The first-order chi connectivity index (χ1) is 11.6. The number of hydrogen-bond acceptors (Lipinski definition) is 4. The van der Waals surface area contributed by atoms with Crippen molar-refractivity contribution >= 4 is 46.7 Å². The molecule has 1 heterocycles. The van der Waals surface area contributed by atoms with Crippen LogP contribution in [0.4, 0.5) is 11.4 Å². The van der Waals surface area contributed by atoms with Gasteiger partial charge in [-0.05, 0) is 49.0 Å². The normalized spacial score (nSPS) is 18.1. The smallest absolute Gasteiger partial charge is 0.251 e. The third-order valence-corrected chi connectivity index (χ3v) is 3.88. The maximum absolute atomic E-state index is 12.7. The van der Waals surface area contributed by atoms with Crippen molar-refractivity contribution < 1.29 is 9.59 Å². The van der Waals surface area contributed by atoms with Gasteiger partial charge < -0.3 is 5.32 Å². The van der Waals surface area contributed by atoms with Crippen LogP contribution in [0.3, 0.4) is 0 Å². The molecule has 1 atom stereocenters. The lowest BCUT2D eigenvalue weighted by Gasteiger charge is -2.30. The molecule has 0 bridgehead atoms. The Morgan fingerprint density at radius 3 is 2.58 bits per heavy atom. The van der Waals surface area contributed by atoms with Gasteiger partial charge in [-0.25, -0.2) is 0 Å². The van der Waals surface area contributed by atoms with Crippen molar-refractivity contribution in [2.24, 2.45) is 10.9 Å². The summed E-state index contributed by atoms with van der Waals surface area (Å²) in [4.78, 5) is 30.5. The quantitative estimate of drug-likeness (QED) is 0.532. The van der Waals surface area contributed by atoms with Gasteiger partial charge in [0.05, 0.1) is 11.4 Å². The van der Waals surface area contributed by atoms with Crippen molar-refractivity contribution in [2.45, 2.75) is 6.92 Å². The van der Waals surface area contributed by atoms with E-state index in [0.717, 1.165) is 5.56 Å². The Bertz CT molecular complexity index is 833. The zero-order valence-electron chi connectivity index (χ0n) is 13.0. The van der Waals surface area contributed by atoms with Crippen LogP contribution in [-0.4, -0.2) is 23.1 Å². The van der Waals surface area contributed by atoms with Crippen LogP contribution in [0.1, 0.15) is 5.56 Å². The molecule has 120 valence electrons. The standard InChI is InChI=1S/C18H15N3O2S/c1-12-6-5-7-13(10-12)19-11-15-16(22)20-18(24)21(17(15)23)14-8-3-2-4-9-14/h2-11,15H,1H3,(H,20,22,24)/t15-/m1/s1. The predicted octanol–water partition coefficient (Wildman–Crippen LogP) is 2.76. The molecule has 1 saturated heterocycles. The lowest BCUT2D eigenvalue weighted by atomic mass is 10.1. The number of benzene rings is 2. The number of aliphatic imine (C=N–C) groups is 1. The maximum atomic E-state index is 12.7. The Balaban J connectivity index is 1.88. The fourth-order valence-corrected chi connectivity index (χ4v) is 2.71. The molecule has 0 radical (unpaired) electrons. The van der Waals surface area contributed by atoms with Crippen LogP contribution in [0, 0.1) is 12.8 Å². The van der Waals surface area contributed by atoms with Crippen LogP contribution in [0.25, 0.3) is 0 Å². The number of aryl methyl sites for hydroxylation is 1. The van der Waals surface area contributed by atoms with Crippen LogP contribution in [0.2, 0.25) is 0 Å². The summed E-state index contributed by atoms with van der Waals surface area (Å²) in [5.41, 5.74) is 2.35. The summed E-state index contributed by atoms with van der Waals surface area (Å²) in [7, 11) is 0. The highest BCUT2D eigenvalue weighted by Gasteiger charge is 2.38. The Morgan fingerprint density at radius 2 is 1.88 bits per heavy atom. The molecule has 6 heteroatoms. The second-order valence-electron chi connectivity index (χ2n) is 5.40. The van der Waals surface area contributed by atoms with Crippen LogP contribution in [-0.2, 0) is 9.59 Å². The molecule has 24 heavy (non-hydrogen) atoms. The number of anilines is 1. The largest absolute Gasteiger partial charge is 0.301 e. The predicted molar refractivity (Wildman–Crippen MR) is 97.5 cm³/mol. The van der Waals surface area contributed by atoms with Gasteiger partial charge in [0, 0.05) is 6.21 Å². The number of carbonyl (C=O) groups excluding carboxylic acids is 2. The van der Waals surface area contributed by atoms with E-state index in [2.05, 4.69) is 10.3 Å². The van der Waals surface area contributed by atoms with Gasteiger partial charge in [0.2, 0.25) is 5.91 Å². The van der Waals surface area contributed by atoms with Crippen LogP contribution in [0.5, 0.6) is 0 Å². The van der Waals surface area contributed by atoms with E-state index in [9.17, 15) is 9.59 Å². The molecule has 5 nitrogen and oxygen atoms in total. The molecule has 1 aliphatic heterocycles. The van der Waals surface area contributed by atoms with Crippen molar-refractivity contribution in [1.82, 2.24) is 5.32 Å². The highest BCUT2D eigenvalue weighted by Crippen LogP contribution is 2.20.